The minimum Gasteiger partial charge on any atom is -0.478 e. The van der Waals surface area contributed by atoms with Crippen molar-refractivity contribution in [1.29, 1.82) is 0 Å². The SMILES string of the molecule is CC(=O)OC(C(=O)O)C(OC(C)=O)C(=O)NCC1CCCO1. The molecule has 1 aliphatic rings. The van der Waals surface area contributed by atoms with Crippen LogP contribution >= 0.6 is 0 Å². The molecule has 0 bridgehead atoms. The molecular formula is C13H19NO8. The van der Waals surface area contributed by atoms with Crippen molar-refractivity contribution in [3.8, 4) is 0 Å². The Labute approximate surface area is 126 Å². The zero-order valence-corrected chi connectivity index (χ0v) is 12.4. The molecule has 0 spiro atoms. The summed E-state index contributed by atoms with van der Waals surface area (Å²) in [6.45, 7) is 2.76. The van der Waals surface area contributed by atoms with Crippen molar-refractivity contribution in [2.45, 2.75) is 45.0 Å². The molecule has 9 nitrogen and oxygen atoms in total. The number of amides is 1. The number of rotatable bonds is 7. The van der Waals surface area contributed by atoms with Gasteiger partial charge in [0, 0.05) is 27.0 Å². The summed E-state index contributed by atoms with van der Waals surface area (Å²) in [4.78, 5) is 45.2. The molecule has 0 aromatic carbocycles. The first-order valence-electron chi connectivity index (χ1n) is 6.77. The van der Waals surface area contributed by atoms with Crippen LogP contribution in [0.4, 0.5) is 0 Å². The number of carboxylic acids is 1. The van der Waals surface area contributed by atoms with Crippen LogP contribution in [0.3, 0.4) is 0 Å². The van der Waals surface area contributed by atoms with E-state index < -0.39 is 36.0 Å². The molecule has 22 heavy (non-hydrogen) atoms. The summed E-state index contributed by atoms with van der Waals surface area (Å²) in [6, 6.07) is 0. The fourth-order valence-electron chi connectivity index (χ4n) is 1.97. The number of carbonyl (C=O) groups excluding carboxylic acids is 3. The summed E-state index contributed by atoms with van der Waals surface area (Å²) in [6.07, 6.45) is -2.20. The van der Waals surface area contributed by atoms with E-state index in [4.69, 9.17) is 14.6 Å². The van der Waals surface area contributed by atoms with E-state index in [9.17, 15) is 19.2 Å². The summed E-state index contributed by atoms with van der Waals surface area (Å²) in [5, 5.41) is 11.5. The smallest absolute Gasteiger partial charge is 0.349 e. The Morgan fingerprint density at radius 3 is 2.23 bits per heavy atom. The fourth-order valence-corrected chi connectivity index (χ4v) is 1.97. The van der Waals surface area contributed by atoms with Gasteiger partial charge < -0.3 is 24.6 Å². The topological polar surface area (TPSA) is 128 Å². The largest absolute Gasteiger partial charge is 0.478 e. The lowest BCUT2D eigenvalue weighted by Gasteiger charge is -2.23. The minimum atomic E-state index is -1.91. The second kappa shape index (κ2) is 8.32. The van der Waals surface area contributed by atoms with Crippen molar-refractivity contribution in [1.82, 2.24) is 5.32 Å². The monoisotopic (exact) mass is 317 g/mol. The molecule has 0 aliphatic carbocycles. The molecule has 3 unspecified atom stereocenters. The Bertz CT molecular complexity index is 443. The Morgan fingerprint density at radius 1 is 1.18 bits per heavy atom. The lowest BCUT2D eigenvalue weighted by atomic mass is 10.1. The zero-order valence-electron chi connectivity index (χ0n) is 12.4. The molecule has 124 valence electrons. The normalized spacial score (nSPS) is 19.8. The Kier molecular flexibility index (Phi) is 6.77. The number of esters is 2. The van der Waals surface area contributed by atoms with Gasteiger partial charge in [0.15, 0.2) is 0 Å². The molecule has 1 heterocycles. The van der Waals surface area contributed by atoms with E-state index in [2.05, 4.69) is 10.1 Å². The molecule has 3 atom stereocenters. The number of aliphatic carboxylic acids is 1. The van der Waals surface area contributed by atoms with E-state index in [0.29, 0.717) is 6.61 Å². The van der Waals surface area contributed by atoms with Gasteiger partial charge in [0.1, 0.15) is 0 Å². The summed E-state index contributed by atoms with van der Waals surface area (Å²) >= 11 is 0. The lowest BCUT2D eigenvalue weighted by molar-refractivity contribution is -0.180. The van der Waals surface area contributed by atoms with Crippen LogP contribution in [-0.4, -0.2) is 60.4 Å². The Hall–Kier alpha value is -2.16. The molecule has 1 aliphatic heterocycles. The first-order valence-corrected chi connectivity index (χ1v) is 6.77. The fraction of sp³-hybridized carbons (Fsp3) is 0.692. The van der Waals surface area contributed by atoms with Crippen molar-refractivity contribution in [3.63, 3.8) is 0 Å². The van der Waals surface area contributed by atoms with Crippen LogP contribution in [0.2, 0.25) is 0 Å². The second-order valence-electron chi connectivity index (χ2n) is 4.78. The maximum atomic E-state index is 12.1. The van der Waals surface area contributed by atoms with E-state index in [0.717, 1.165) is 26.7 Å². The average molecular weight is 317 g/mol. The number of carboxylic acid groups (broad SMARTS) is 1. The molecular weight excluding hydrogens is 298 g/mol. The van der Waals surface area contributed by atoms with Crippen LogP contribution in [0.5, 0.6) is 0 Å². The molecule has 0 aromatic rings. The van der Waals surface area contributed by atoms with Gasteiger partial charge in [-0.25, -0.2) is 4.79 Å². The van der Waals surface area contributed by atoms with Crippen LogP contribution in [0.25, 0.3) is 0 Å². The average Bonchev–Trinajstić information content (AvgIpc) is 2.92. The van der Waals surface area contributed by atoms with E-state index in [1.807, 2.05) is 0 Å². The van der Waals surface area contributed by atoms with Crippen molar-refractivity contribution in [2.24, 2.45) is 0 Å². The molecule has 2 N–H and O–H groups in total. The first kappa shape index (κ1) is 17.9. The third kappa shape index (κ3) is 5.68. The van der Waals surface area contributed by atoms with Crippen LogP contribution < -0.4 is 5.32 Å². The van der Waals surface area contributed by atoms with Gasteiger partial charge in [0.25, 0.3) is 5.91 Å². The van der Waals surface area contributed by atoms with Gasteiger partial charge in [-0.1, -0.05) is 0 Å². The standard InChI is InChI=1S/C13H19NO8/c1-7(15)21-10(11(13(18)19)22-8(2)16)12(17)14-6-9-4-3-5-20-9/h9-11H,3-6H2,1-2H3,(H,14,17)(H,18,19). The van der Waals surface area contributed by atoms with Gasteiger partial charge in [-0.3, -0.25) is 14.4 Å². The maximum absolute atomic E-state index is 12.1. The third-order valence-electron chi connectivity index (χ3n) is 2.89. The van der Waals surface area contributed by atoms with E-state index in [1.165, 1.54) is 0 Å². The summed E-state index contributed by atoms with van der Waals surface area (Å²) < 4.78 is 14.6. The number of nitrogens with one attached hydrogen (secondary N) is 1. The molecule has 0 radical (unpaired) electrons. The molecule has 0 aromatic heterocycles. The Balaban J connectivity index is 2.74. The molecule has 0 saturated carbocycles. The van der Waals surface area contributed by atoms with E-state index >= 15 is 0 Å². The molecule has 1 rings (SSSR count). The number of hydrogen-bond donors (Lipinski definition) is 2. The van der Waals surface area contributed by atoms with E-state index in [-0.39, 0.29) is 12.6 Å². The predicted molar refractivity (Wildman–Crippen MR) is 70.7 cm³/mol. The lowest BCUT2D eigenvalue weighted by Crippen LogP contribution is -2.51. The molecule has 1 saturated heterocycles. The number of carbonyl (C=O) groups is 4. The number of hydrogen-bond acceptors (Lipinski definition) is 7. The van der Waals surface area contributed by atoms with Crippen LogP contribution in [0.1, 0.15) is 26.7 Å². The molecule has 1 amide bonds. The molecule has 1 fully saturated rings. The highest BCUT2D eigenvalue weighted by molar-refractivity contribution is 5.90. The summed E-state index contributed by atoms with van der Waals surface area (Å²) in [5.41, 5.74) is 0. The van der Waals surface area contributed by atoms with Crippen molar-refractivity contribution < 1.29 is 38.5 Å². The first-order chi connectivity index (χ1) is 10.3. The van der Waals surface area contributed by atoms with Crippen LogP contribution in [0.15, 0.2) is 0 Å². The third-order valence-corrected chi connectivity index (χ3v) is 2.89. The summed E-state index contributed by atoms with van der Waals surface area (Å²) in [7, 11) is 0. The highest BCUT2D eigenvalue weighted by Gasteiger charge is 2.39. The van der Waals surface area contributed by atoms with Crippen molar-refractivity contribution in [3.05, 3.63) is 0 Å². The van der Waals surface area contributed by atoms with Gasteiger partial charge in [0.05, 0.1) is 6.10 Å². The van der Waals surface area contributed by atoms with Gasteiger partial charge >= 0.3 is 17.9 Å². The van der Waals surface area contributed by atoms with Crippen LogP contribution in [0, 0.1) is 0 Å². The Morgan fingerprint density at radius 2 is 1.77 bits per heavy atom. The van der Waals surface area contributed by atoms with Crippen molar-refractivity contribution in [2.75, 3.05) is 13.2 Å². The number of ether oxygens (including phenoxy) is 3. The minimum absolute atomic E-state index is 0.156. The van der Waals surface area contributed by atoms with Crippen LogP contribution in [-0.2, 0) is 33.4 Å². The van der Waals surface area contributed by atoms with Crippen molar-refractivity contribution >= 4 is 23.8 Å². The molecule has 9 heteroatoms. The second-order valence-corrected chi connectivity index (χ2v) is 4.78. The van der Waals surface area contributed by atoms with Gasteiger partial charge in [-0.05, 0) is 12.8 Å². The van der Waals surface area contributed by atoms with Gasteiger partial charge in [0.2, 0.25) is 12.2 Å². The maximum Gasteiger partial charge on any atom is 0.349 e. The highest BCUT2D eigenvalue weighted by atomic mass is 16.6. The van der Waals surface area contributed by atoms with Gasteiger partial charge in [-0.2, -0.15) is 0 Å². The zero-order chi connectivity index (χ0) is 16.7. The highest BCUT2D eigenvalue weighted by Crippen LogP contribution is 2.12. The quantitative estimate of drug-likeness (QED) is 0.586. The summed E-state index contributed by atoms with van der Waals surface area (Å²) in [5.74, 6) is -4.22. The van der Waals surface area contributed by atoms with Gasteiger partial charge in [-0.15, -0.1) is 0 Å². The van der Waals surface area contributed by atoms with E-state index in [1.54, 1.807) is 0 Å². The predicted octanol–water partition coefficient (Wildman–Crippen LogP) is -0.770.